The second-order valence-electron chi connectivity index (χ2n) is 7.58. The molecule has 0 aromatic carbocycles. The number of morpholine rings is 2. The monoisotopic (exact) mass is 322 g/mol. The van der Waals surface area contributed by atoms with Crippen molar-refractivity contribution < 1.29 is 14.3 Å². The van der Waals surface area contributed by atoms with Gasteiger partial charge in [0.05, 0.1) is 38.0 Å². The number of fused-ring (bicyclic) bond motifs is 2. The van der Waals surface area contributed by atoms with E-state index in [2.05, 4.69) is 9.80 Å². The van der Waals surface area contributed by atoms with E-state index >= 15 is 0 Å². The molecule has 4 aliphatic rings. The molecule has 2 saturated carbocycles. The minimum absolute atomic E-state index is 0.286. The molecular formula is C18H30N2O3. The molecule has 4 atom stereocenters. The van der Waals surface area contributed by atoms with Crippen LogP contribution in [0.5, 0.6) is 0 Å². The number of rotatable bonds is 2. The molecule has 0 unspecified atom stereocenters. The van der Waals surface area contributed by atoms with Gasteiger partial charge in [0.2, 0.25) is 5.91 Å². The Hall–Kier alpha value is -0.650. The van der Waals surface area contributed by atoms with Gasteiger partial charge in [-0.05, 0) is 25.7 Å². The molecule has 2 saturated heterocycles. The lowest BCUT2D eigenvalue weighted by Gasteiger charge is -2.47. The van der Waals surface area contributed by atoms with Crippen LogP contribution < -0.4 is 0 Å². The maximum atomic E-state index is 13.0. The van der Waals surface area contributed by atoms with Crippen LogP contribution in [0.2, 0.25) is 0 Å². The first-order chi connectivity index (χ1) is 11.3. The summed E-state index contributed by atoms with van der Waals surface area (Å²) < 4.78 is 11.8. The number of nitrogens with zero attached hydrogens (tertiary/aromatic N) is 2. The SMILES string of the molecule is O=C(CN1CCO[C@@H]2CCCC[C@@H]21)N1CCO[C@@H]2CCCC[C@@H]21. The molecule has 0 N–H and O–H groups in total. The number of hydrogen-bond acceptors (Lipinski definition) is 4. The molecule has 0 aromatic heterocycles. The van der Waals surface area contributed by atoms with Crippen molar-refractivity contribution in [2.24, 2.45) is 0 Å². The summed E-state index contributed by atoms with van der Waals surface area (Å²) in [6, 6.07) is 0.790. The second kappa shape index (κ2) is 7.08. The van der Waals surface area contributed by atoms with Crippen LogP contribution in [0.1, 0.15) is 51.4 Å². The minimum atomic E-state index is 0.286. The van der Waals surface area contributed by atoms with Gasteiger partial charge in [0, 0.05) is 19.1 Å². The molecule has 0 spiro atoms. The third kappa shape index (κ3) is 3.28. The summed E-state index contributed by atoms with van der Waals surface area (Å²) in [6.07, 6.45) is 10.3. The third-order valence-corrected chi connectivity index (χ3v) is 6.24. The highest BCUT2D eigenvalue weighted by Crippen LogP contribution is 2.30. The summed E-state index contributed by atoms with van der Waals surface area (Å²) in [5.41, 5.74) is 0. The smallest absolute Gasteiger partial charge is 0.237 e. The highest BCUT2D eigenvalue weighted by Gasteiger charge is 2.39. The Morgan fingerprint density at radius 1 is 0.826 bits per heavy atom. The number of ether oxygens (including phenoxy) is 2. The van der Waals surface area contributed by atoms with Crippen LogP contribution in [-0.4, -0.2) is 72.8 Å². The van der Waals surface area contributed by atoms with Crippen molar-refractivity contribution in [1.29, 1.82) is 0 Å². The summed E-state index contributed by atoms with van der Waals surface area (Å²) in [5, 5.41) is 0. The van der Waals surface area contributed by atoms with Gasteiger partial charge in [0.15, 0.2) is 0 Å². The van der Waals surface area contributed by atoms with Gasteiger partial charge in [0.25, 0.3) is 0 Å². The van der Waals surface area contributed by atoms with Crippen LogP contribution in [0.25, 0.3) is 0 Å². The molecule has 4 fully saturated rings. The zero-order chi connectivity index (χ0) is 15.6. The first-order valence-corrected chi connectivity index (χ1v) is 9.59. The quantitative estimate of drug-likeness (QED) is 0.777. The minimum Gasteiger partial charge on any atom is -0.375 e. The molecule has 5 heteroatoms. The Bertz CT molecular complexity index is 426. The van der Waals surface area contributed by atoms with Crippen molar-refractivity contribution >= 4 is 5.91 Å². The van der Waals surface area contributed by atoms with E-state index in [9.17, 15) is 4.79 Å². The highest BCUT2D eigenvalue weighted by molar-refractivity contribution is 5.79. The van der Waals surface area contributed by atoms with Crippen molar-refractivity contribution in [3.8, 4) is 0 Å². The predicted octanol–water partition coefficient (Wildman–Crippen LogP) is 1.80. The number of amides is 1. The Morgan fingerprint density at radius 3 is 2.22 bits per heavy atom. The summed E-state index contributed by atoms with van der Waals surface area (Å²) in [4.78, 5) is 17.5. The lowest BCUT2D eigenvalue weighted by Crippen LogP contribution is -2.59. The average molecular weight is 322 g/mol. The highest BCUT2D eigenvalue weighted by atomic mass is 16.5. The fourth-order valence-electron chi connectivity index (χ4n) is 5.04. The summed E-state index contributed by atoms with van der Waals surface area (Å²) >= 11 is 0. The van der Waals surface area contributed by atoms with E-state index in [1.807, 2.05) is 0 Å². The molecule has 0 radical (unpaired) electrons. The van der Waals surface area contributed by atoms with Gasteiger partial charge in [-0.15, -0.1) is 0 Å². The maximum absolute atomic E-state index is 13.0. The van der Waals surface area contributed by atoms with Crippen LogP contribution >= 0.6 is 0 Å². The molecule has 130 valence electrons. The van der Waals surface area contributed by atoms with Crippen molar-refractivity contribution in [3.63, 3.8) is 0 Å². The molecule has 2 heterocycles. The molecule has 2 aliphatic heterocycles. The van der Waals surface area contributed by atoms with Crippen LogP contribution in [0.4, 0.5) is 0 Å². The lowest BCUT2D eigenvalue weighted by molar-refractivity contribution is -0.155. The Balaban J connectivity index is 1.40. The fraction of sp³-hybridized carbons (Fsp3) is 0.944. The van der Waals surface area contributed by atoms with Gasteiger partial charge >= 0.3 is 0 Å². The topological polar surface area (TPSA) is 42.0 Å². The van der Waals surface area contributed by atoms with E-state index in [1.54, 1.807) is 0 Å². The van der Waals surface area contributed by atoms with Crippen molar-refractivity contribution in [1.82, 2.24) is 9.80 Å². The molecule has 1 amide bonds. The van der Waals surface area contributed by atoms with E-state index in [-0.39, 0.29) is 6.10 Å². The van der Waals surface area contributed by atoms with Crippen molar-refractivity contribution in [2.75, 3.05) is 32.8 Å². The van der Waals surface area contributed by atoms with Gasteiger partial charge in [-0.3, -0.25) is 9.69 Å². The Morgan fingerprint density at radius 2 is 1.43 bits per heavy atom. The number of carbonyl (C=O) groups excluding carboxylic acids is 1. The zero-order valence-electron chi connectivity index (χ0n) is 14.1. The van der Waals surface area contributed by atoms with Gasteiger partial charge < -0.3 is 14.4 Å². The largest absolute Gasteiger partial charge is 0.375 e. The maximum Gasteiger partial charge on any atom is 0.237 e. The van der Waals surface area contributed by atoms with Crippen molar-refractivity contribution in [2.45, 2.75) is 75.7 Å². The fourth-order valence-corrected chi connectivity index (χ4v) is 5.04. The normalized spacial score (nSPS) is 38.7. The van der Waals surface area contributed by atoms with E-state index in [1.165, 1.54) is 32.1 Å². The van der Waals surface area contributed by atoms with Gasteiger partial charge in [-0.2, -0.15) is 0 Å². The van der Waals surface area contributed by atoms with Crippen LogP contribution in [0, 0.1) is 0 Å². The predicted molar refractivity (Wildman–Crippen MR) is 87.3 cm³/mol. The molecule has 5 nitrogen and oxygen atoms in total. The van der Waals surface area contributed by atoms with E-state index in [4.69, 9.17) is 9.47 Å². The molecule has 0 bridgehead atoms. The number of carbonyl (C=O) groups is 1. The Labute approximate surface area is 139 Å². The molecule has 2 aliphatic carbocycles. The Kier molecular flexibility index (Phi) is 4.88. The second-order valence-corrected chi connectivity index (χ2v) is 7.58. The first-order valence-electron chi connectivity index (χ1n) is 9.59. The van der Waals surface area contributed by atoms with E-state index in [0.717, 1.165) is 39.0 Å². The third-order valence-electron chi connectivity index (χ3n) is 6.24. The van der Waals surface area contributed by atoms with Gasteiger partial charge in [-0.1, -0.05) is 25.7 Å². The summed E-state index contributed by atoms with van der Waals surface area (Å²) in [5.74, 6) is 0.316. The van der Waals surface area contributed by atoms with E-state index in [0.29, 0.717) is 37.2 Å². The van der Waals surface area contributed by atoms with Crippen LogP contribution in [-0.2, 0) is 14.3 Å². The number of hydrogen-bond donors (Lipinski definition) is 0. The summed E-state index contributed by atoms with van der Waals surface area (Å²) in [7, 11) is 0. The van der Waals surface area contributed by atoms with Crippen LogP contribution in [0.15, 0.2) is 0 Å². The van der Waals surface area contributed by atoms with Gasteiger partial charge in [-0.25, -0.2) is 0 Å². The van der Waals surface area contributed by atoms with Crippen LogP contribution in [0.3, 0.4) is 0 Å². The van der Waals surface area contributed by atoms with E-state index < -0.39 is 0 Å². The molecule has 23 heavy (non-hydrogen) atoms. The zero-order valence-corrected chi connectivity index (χ0v) is 14.1. The first kappa shape index (κ1) is 15.9. The standard InChI is InChI=1S/C18H30N2O3/c21-18(20-10-12-23-17-8-4-2-6-15(17)20)13-19-9-11-22-16-7-3-1-5-14(16)19/h14-17H,1-13H2/t14-,15-,16+,17+/m0/s1. The molecule has 0 aromatic rings. The lowest BCUT2D eigenvalue weighted by atomic mass is 9.89. The summed E-state index contributed by atoms with van der Waals surface area (Å²) in [6.45, 7) is 3.75. The molecule has 4 rings (SSSR count). The van der Waals surface area contributed by atoms with Gasteiger partial charge in [0.1, 0.15) is 0 Å². The average Bonchev–Trinajstić information content (AvgIpc) is 2.61. The van der Waals surface area contributed by atoms with Crippen molar-refractivity contribution in [3.05, 3.63) is 0 Å². The molecular weight excluding hydrogens is 292 g/mol.